The zero-order valence-corrected chi connectivity index (χ0v) is 11.0. The largest absolute Gasteiger partial charge is 0.318 e. The first-order valence-electron chi connectivity index (χ1n) is 4.14. The molecule has 2 N–H and O–H groups in total. The summed E-state index contributed by atoms with van der Waals surface area (Å²) < 4.78 is 2.30. The molecule has 0 saturated carbocycles. The molecule has 15 heavy (non-hydrogen) atoms. The fraction of sp³-hybridized carbons (Fsp3) is 0.250. The molecule has 0 spiro atoms. The smallest absolute Gasteiger partial charge is 0.153 e. The topological polar surface area (TPSA) is 56.7 Å². The number of thiophene rings is 1. The zero-order chi connectivity index (χ0) is 11.0. The van der Waals surface area contributed by atoms with E-state index in [0.717, 1.165) is 10.6 Å². The molecular formula is C8H8BrClN4S. The Morgan fingerprint density at radius 1 is 1.67 bits per heavy atom. The number of hydrogen-bond donors (Lipinski definition) is 1. The minimum absolute atomic E-state index is 0.299. The lowest BCUT2D eigenvalue weighted by molar-refractivity contribution is 0.654. The van der Waals surface area contributed by atoms with Crippen LogP contribution >= 0.6 is 38.9 Å². The summed E-state index contributed by atoms with van der Waals surface area (Å²) in [4.78, 5) is 0.919. The minimum atomic E-state index is -0.299. The second kappa shape index (κ2) is 4.21. The van der Waals surface area contributed by atoms with Gasteiger partial charge in [-0.1, -0.05) is 16.8 Å². The number of aryl methyl sites for hydroxylation is 1. The van der Waals surface area contributed by atoms with E-state index in [9.17, 15) is 0 Å². The maximum atomic E-state index is 6.10. The lowest BCUT2D eigenvalue weighted by atomic mass is 10.2. The molecule has 7 heteroatoms. The third kappa shape index (κ3) is 1.94. The number of nitrogens with zero attached hydrogens (tertiary/aromatic N) is 3. The molecule has 0 fully saturated rings. The summed E-state index contributed by atoms with van der Waals surface area (Å²) in [7, 11) is 1.80. The number of rotatable bonds is 2. The van der Waals surface area contributed by atoms with Crippen molar-refractivity contribution >= 4 is 38.9 Å². The number of halogens is 2. The van der Waals surface area contributed by atoms with Gasteiger partial charge in [-0.3, -0.25) is 0 Å². The first-order valence-corrected chi connectivity index (χ1v) is 6.20. The standard InChI is InChI=1S/C8H8BrClN4S/c1-14-6(8(9)12-13-14)5(11)7-4(10)2-3-15-7/h2-3,5H,11H2,1H3. The molecule has 0 aliphatic carbocycles. The molecule has 1 atom stereocenters. The van der Waals surface area contributed by atoms with E-state index in [1.54, 1.807) is 11.7 Å². The van der Waals surface area contributed by atoms with E-state index >= 15 is 0 Å². The summed E-state index contributed by atoms with van der Waals surface area (Å²) in [6, 6.07) is 1.53. The van der Waals surface area contributed by atoms with Crippen LogP contribution in [0.1, 0.15) is 16.6 Å². The quantitative estimate of drug-likeness (QED) is 0.926. The first kappa shape index (κ1) is 11.1. The summed E-state index contributed by atoms with van der Waals surface area (Å²) in [5, 5.41) is 10.4. The van der Waals surface area contributed by atoms with Gasteiger partial charge in [0.2, 0.25) is 0 Å². The molecule has 2 aromatic heterocycles. The number of aromatic nitrogens is 3. The Balaban J connectivity index is 2.45. The summed E-state index contributed by atoms with van der Waals surface area (Å²) >= 11 is 10.9. The van der Waals surface area contributed by atoms with Crippen LogP contribution in [0.25, 0.3) is 0 Å². The molecule has 0 radical (unpaired) electrons. The van der Waals surface area contributed by atoms with Crippen LogP contribution in [0.3, 0.4) is 0 Å². The molecule has 2 rings (SSSR count). The van der Waals surface area contributed by atoms with Crippen molar-refractivity contribution in [2.24, 2.45) is 12.8 Å². The maximum Gasteiger partial charge on any atom is 0.153 e. The summed E-state index contributed by atoms with van der Waals surface area (Å²) in [5.74, 6) is 0. The van der Waals surface area contributed by atoms with Crippen LogP contribution in [-0.2, 0) is 7.05 Å². The highest BCUT2D eigenvalue weighted by atomic mass is 79.9. The Morgan fingerprint density at radius 2 is 2.40 bits per heavy atom. The van der Waals surface area contributed by atoms with Crippen molar-refractivity contribution in [1.82, 2.24) is 15.0 Å². The van der Waals surface area contributed by atoms with E-state index < -0.39 is 0 Å². The van der Waals surface area contributed by atoms with E-state index in [0.29, 0.717) is 9.63 Å². The fourth-order valence-corrected chi connectivity index (χ4v) is 3.07. The van der Waals surface area contributed by atoms with Gasteiger partial charge >= 0.3 is 0 Å². The van der Waals surface area contributed by atoms with Gasteiger partial charge in [0.05, 0.1) is 16.8 Å². The first-order chi connectivity index (χ1) is 7.11. The van der Waals surface area contributed by atoms with Gasteiger partial charge in [0, 0.05) is 11.9 Å². The van der Waals surface area contributed by atoms with Crippen LogP contribution in [0.5, 0.6) is 0 Å². The second-order valence-corrected chi connectivity index (χ2v) is 5.11. The van der Waals surface area contributed by atoms with Crippen LogP contribution in [0.15, 0.2) is 16.0 Å². The van der Waals surface area contributed by atoms with Crippen molar-refractivity contribution in [2.75, 3.05) is 0 Å². The van der Waals surface area contributed by atoms with Crippen molar-refractivity contribution in [3.8, 4) is 0 Å². The van der Waals surface area contributed by atoms with Crippen molar-refractivity contribution < 1.29 is 0 Å². The predicted molar refractivity (Wildman–Crippen MR) is 64.1 cm³/mol. The van der Waals surface area contributed by atoms with Crippen molar-refractivity contribution in [2.45, 2.75) is 6.04 Å². The van der Waals surface area contributed by atoms with E-state index in [-0.39, 0.29) is 6.04 Å². The molecule has 0 bridgehead atoms. The lowest BCUT2D eigenvalue weighted by Crippen LogP contribution is -2.15. The highest BCUT2D eigenvalue weighted by Gasteiger charge is 2.21. The van der Waals surface area contributed by atoms with E-state index in [1.807, 2.05) is 11.4 Å². The zero-order valence-electron chi connectivity index (χ0n) is 7.82. The van der Waals surface area contributed by atoms with Gasteiger partial charge in [0.15, 0.2) is 4.60 Å². The van der Waals surface area contributed by atoms with Gasteiger partial charge in [-0.05, 0) is 27.4 Å². The summed E-state index contributed by atoms with van der Waals surface area (Å²) in [6.07, 6.45) is 0. The molecule has 2 heterocycles. The normalized spacial score (nSPS) is 13.1. The van der Waals surface area contributed by atoms with Crippen LogP contribution in [-0.4, -0.2) is 15.0 Å². The van der Waals surface area contributed by atoms with Gasteiger partial charge in [-0.15, -0.1) is 16.4 Å². The highest BCUT2D eigenvalue weighted by molar-refractivity contribution is 9.10. The van der Waals surface area contributed by atoms with Crippen molar-refractivity contribution in [3.05, 3.63) is 31.6 Å². The lowest BCUT2D eigenvalue weighted by Gasteiger charge is -2.10. The second-order valence-electron chi connectivity index (χ2n) is 3.00. The fourth-order valence-electron chi connectivity index (χ4n) is 1.32. The molecule has 4 nitrogen and oxygen atoms in total. The van der Waals surface area contributed by atoms with Crippen LogP contribution < -0.4 is 5.73 Å². The molecule has 0 aliphatic heterocycles. The monoisotopic (exact) mass is 306 g/mol. The molecule has 0 saturated heterocycles. The summed E-state index contributed by atoms with van der Waals surface area (Å²) in [6.45, 7) is 0. The van der Waals surface area contributed by atoms with Crippen LogP contribution in [0, 0.1) is 0 Å². The van der Waals surface area contributed by atoms with Crippen molar-refractivity contribution in [3.63, 3.8) is 0 Å². The molecule has 0 aromatic carbocycles. The average molecular weight is 308 g/mol. The van der Waals surface area contributed by atoms with E-state index in [1.165, 1.54) is 11.3 Å². The maximum absolute atomic E-state index is 6.10. The molecule has 0 aliphatic rings. The molecule has 0 amide bonds. The molecule has 2 aromatic rings. The van der Waals surface area contributed by atoms with Crippen LogP contribution in [0.4, 0.5) is 0 Å². The van der Waals surface area contributed by atoms with Gasteiger partial charge in [0.1, 0.15) is 0 Å². The predicted octanol–water partition coefficient (Wildman–Crippen LogP) is 2.34. The van der Waals surface area contributed by atoms with E-state index in [2.05, 4.69) is 26.2 Å². The molecule has 1 unspecified atom stereocenters. The Morgan fingerprint density at radius 3 is 2.87 bits per heavy atom. The number of nitrogens with two attached hydrogens (primary N) is 1. The van der Waals surface area contributed by atoms with Gasteiger partial charge < -0.3 is 5.73 Å². The van der Waals surface area contributed by atoms with Gasteiger partial charge in [0.25, 0.3) is 0 Å². The van der Waals surface area contributed by atoms with Crippen LogP contribution in [0.2, 0.25) is 5.02 Å². The minimum Gasteiger partial charge on any atom is -0.318 e. The Kier molecular flexibility index (Phi) is 3.11. The molecule has 80 valence electrons. The Hall–Kier alpha value is -0.430. The van der Waals surface area contributed by atoms with E-state index in [4.69, 9.17) is 17.3 Å². The van der Waals surface area contributed by atoms with Gasteiger partial charge in [-0.2, -0.15) is 0 Å². The Bertz CT molecular complexity index is 461. The Labute approximate surface area is 104 Å². The third-order valence-electron chi connectivity index (χ3n) is 2.05. The third-order valence-corrected chi connectivity index (χ3v) is 4.05. The summed E-state index contributed by atoms with van der Waals surface area (Å²) in [5.41, 5.74) is 6.92. The molecular weight excluding hydrogens is 300 g/mol. The number of hydrogen-bond acceptors (Lipinski definition) is 4. The SMILES string of the molecule is Cn1nnc(Br)c1C(N)c1sccc1Cl. The van der Waals surface area contributed by atoms with Crippen molar-refractivity contribution in [1.29, 1.82) is 0 Å². The average Bonchev–Trinajstić information content (AvgIpc) is 2.73. The highest BCUT2D eigenvalue weighted by Crippen LogP contribution is 2.33. The van der Waals surface area contributed by atoms with Gasteiger partial charge in [-0.25, -0.2) is 4.68 Å².